The van der Waals surface area contributed by atoms with Gasteiger partial charge in [-0.3, -0.25) is 9.69 Å². The average Bonchev–Trinajstić information content (AvgIpc) is 3.19. The number of carbonyl (C=O) groups is 1. The van der Waals surface area contributed by atoms with E-state index in [4.69, 9.17) is 5.73 Å². The van der Waals surface area contributed by atoms with Crippen LogP contribution in [0.5, 0.6) is 0 Å². The van der Waals surface area contributed by atoms with Crippen molar-refractivity contribution in [1.82, 2.24) is 19.8 Å². The number of pyridine rings is 1. The molecule has 0 bridgehead atoms. The average molecular weight is 457 g/mol. The predicted molar refractivity (Wildman–Crippen MR) is 139 cm³/mol. The van der Waals surface area contributed by atoms with Crippen LogP contribution in [0.25, 0.3) is 21.7 Å². The summed E-state index contributed by atoms with van der Waals surface area (Å²) in [6.07, 6.45) is 1.06. The molecule has 5 rings (SSSR count). The molecule has 0 atom stereocenters. The van der Waals surface area contributed by atoms with Crippen LogP contribution in [0.4, 0.5) is 11.6 Å². The molecule has 0 fully saturated rings. The highest BCUT2D eigenvalue weighted by molar-refractivity contribution is 5.99. The lowest BCUT2D eigenvalue weighted by molar-refractivity contribution is 0.0951. The molecule has 4 N–H and O–H groups in total. The normalized spacial score (nSPS) is 13.9. The number of nitrogen functional groups attached to an aromatic ring is 1. The minimum Gasteiger partial charge on any atom is -0.383 e. The zero-order valence-electron chi connectivity index (χ0n) is 20.1. The molecule has 1 amide bonds. The minimum absolute atomic E-state index is 0.0696. The van der Waals surface area contributed by atoms with Crippen molar-refractivity contribution in [2.45, 2.75) is 39.9 Å². The Balaban J connectivity index is 1.39. The second-order valence-electron chi connectivity index (χ2n) is 8.90. The number of nitrogens with one attached hydrogen (secondary N) is 2. The Morgan fingerprint density at radius 2 is 1.94 bits per heavy atom. The van der Waals surface area contributed by atoms with E-state index in [9.17, 15) is 4.79 Å². The molecule has 0 saturated carbocycles. The van der Waals surface area contributed by atoms with Gasteiger partial charge in [-0.25, -0.2) is 4.98 Å². The fourth-order valence-corrected chi connectivity index (χ4v) is 5.12. The number of amides is 1. The third kappa shape index (κ3) is 3.86. The van der Waals surface area contributed by atoms with Crippen LogP contribution in [0.1, 0.15) is 41.0 Å². The quantitative estimate of drug-likeness (QED) is 0.406. The van der Waals surface area contributed by atoms with Crippen LogP contribution in [-0.4, -0.2) is 40.5 Å². The smallest absolute Gasteiger partial charge is 0.251 e. The first kappa shape index (κ1) is 22.2. The highest BCUT2D eigenvalue weighted by atomic mass is 16.1. The molecule has 34 heavy (non-hydrogen) atoms. The number of nitrogens with zero attached hydrogens (tertiary/aromatic N) is 3. The van der Waals surface area contributed by atoms with Crippen LogP contribution in [0.3, 0.4) is 0 Å². The van der Waals surface area contributed by atoms with Crippen LogP contribution < -0.4 is 16.4 Å². The third-order valence-corrected chi connectivity index (χ3v) is 6.99. The molecule has 0 spiro atoms. The van der Waals surface area contributed by atoms with E-state index in [0.29, 0.717) is 17.9 Å². The molecule has 0 saturated heterocycles. The predicted octanol–water partition coefficient (Wildman–Crippen LogP) is 4.14. The number of carbonyl (C=O) groups excluding carboxylic acids is 1. The molecule has 7 nitrogen and oxygen atoms in total. The first-order valence-electron chi connectivity index (χ1n) is 12.0. The number of fused-ring (bicyclic) bond motifs is 4. The van der Waals surface area contributed by atoms with Crippen molar-refractivity contribution in [3.63, 3.8) is 0 Å². The monoisotopic (exact) mass is 456 g/mol. The molecule has 2 aromatic carbocycles. The van der Waals surface area contributed by atoms with Gasteiger partial charge in [0.25, 0.3) is 5.91 Å². The van der Waals surface area contributed by atoms with E-state index >= 15 is 0 Å². The van der Waals surface area contributed by atoms with Gasteiger partial charge in [0.1, 0.15) is 11.6 Å². The van der Waals surface area contributed by atoms with Crippen LogP contribution >= 0.6 is 0 Å². The maximum absolute atomic E-state index is 13.1. The van der Waals surface area contributed by atoms with Gasteiger partial charge < -0.3 is 20.9 Å². The lowest BCUT2D eigenvalue weighted by atomic mass is 10.0. The maximum atomic E-state index is 13.1. The lowest BCUT2D eigenvalue weighted by Crippen LogP contribution is -2.30. The van der Waals surface area contributed by atoms with Gasteiger partial charge in [0, 0.05) is 67.2 Å². The number of aryl methyl sites for hydroxylation is 1. The Morgan fingerprint density at radius 1 is 1.09 bits per heavy atom. The summed E-state index contributed by atoms with van der Waals surface area (Å²) in [4.78, 5) is 19.9. The summed E-state index contributed by atoms with van der Waals surface area (Å²) in [7, 11) is 1.82. The number of likely N-dealkylation sites (N-methyl/N-ethyl adjacent to an activating group) is 1. The minimum atomic E-state index is -0.0696. The molecule has 0 unspecified atom stereocenters. The van der Waals surface area contributed by atoms with Crippen LogP contribution in [0.15, 0.2) is 42.5 Å². The summed E-state index contributed by atoms with van der Waals surface area (Å²) < 4.78 is 2.41. The van der Waals surface area contributed by atoms with Crippen molar-refractivity contribution >= 4 is 39.2 Å². The molecule has 0 radical (unpaired) electrons. The van der Waals surface area contributed by atoms with Gasteiger partial charge in [-0.1, -0.05) is 19.1 Å². The molecule has 3 heterocycles. The van der Waals surface area contributed by atoms with E-state index in [2.05, 4.69) is 51.1 Å². The third-order valence-electron chi connectivity index (χ3n) is 6.99. The van der Waals surface area contributed by atoms with Gasteiger partial charge in [-0.15, -0.1) is 0 Å². The molecule has 1 aliphatic rings. The van der Waals surface area contributed by atoms with Crippen LogP contribution in [0.2, 0.25) is 0 Å². The second kappa shape index (κ2) is 8.99. The zero-order valence-corrected chi connectivity index (χ0v) is 20.1. The summed E-state index contributed by atoms with van der Waals surface area (Å²) in [6, 6.07) is 14.1. The van der Waals surface area contributed by atoms with Crippen LogP contribution in [0, 0.1) is 0 Å². The Hall–Kier alpha value is -3.58. The highest BCUT2D eigenvalue weighted by Gasteiger charge is 2.23. The van der Waals surface area contributed by atoms with Crippen molar-refractivity contribution in [2.24, 2.45) is 0 Å². The van der Waals surface area contributed by atoms with Gasteiger partial charge >= 0.3 is 0 Å². The summed E-state index contributed by atoms with van der Waals surface area (Å²) in [6.45, 7) is 8.85. The molecule has 7 heteroatoms. The molecule has 4 aromatic rings. The van der Waals surface area contributed by atoms with E-state index in [-0.39, 0.29) is 5.91 Å². The lowest BCUT2D eigenvalue weighted by Gasteiger charge is -2.26. The van der Waals surface area contributed by atoms with Crippen molar-refractivity contribution in [1.29, 1.82) is 0 Å². The summed E-state index contributed by atoms with van der Waals surface area (Å²) in [5, 5.41) is 9.21. The van der Waals surface area contributed by atoms with E-state index in [1.807, 2.05) is 37.4 Å². The van der Waals surface area contributed by atoms with Gasteiger partial charge in [0.15, 0.2) is 0 Å². The van der Waals surface area contributed by atoms with Crippen LogP contribution in [-0.2, 0) is 26.1 Å². The number of nitrogens with two attached hydrogens (primary N) is 1. The Labute approximate surface area is 199 Å². The zero-order chi connectivity index (χ0) is 23.8. The molecule has 0 aliphatic carbocycles. The summed E-state index contributed by atoms with van der Waals surface area (Å²) in [5.41, 5.74) is 11.8. The van der Waals surface area contributed by atoms with Gasteiger partial charge in [-0.05, 0) is 60.3 Å². The fraction of sp³-hybridized carbons (Fsp3) is 0.333. The van der Waals surface area contributed by atoms with Gasteiger partial charge in [0.05, 0.1) is 0 Å². The SMILES string of the molecule is CCN1CCc2c(c3cc(C(=O)NCc4ccc5cc(NC)nc(N)c5c4)ccc3n2CC)C1. The van der Waals surface area contributed by atoms with E-state index in [1.54, 1.807) is 0 Å². The summed E-state index contributed by atoms with van der Waals surface area (Å²) >= 11 is 0. The number of hydrogen-bond acceptors (Lipinski definition) is 5. The highest BCUT2D eigenvalue weighted by Crippen LogP contribution is 2.32. The fourth-order valence-electron chi connectivity index (χ4n) is 5.12. The van der Waals surface area contributed by atoms with Gasteiger partial charge in [0.2, 0.25) is 0 Å². The first-order chi connectivity index (χ1) is 16.5. The Kier molecular flexibility index (Phi) is 5.87. The van der Waals surface area contributed by atoms with Crippen molar-refractivity contribution in [3.05, 3.63) is 64.8 Å². The number of hydrogen-bond donors (Lipinski definition) is 3. The Morgan fingerprint density at radius 3 is 2.71 bits per heavy atom. The first-order valence-corrected chi connectivity index (χ1v) is 12.0. The van der Waals surface area contributed by atoms with E-state index in [0.717, 1.165) is 54.8 Å². The van der Waals surface area contributed by atoms with Crippen molar-refractivity contribution in [2.75, 3.05) is 31.2 Å². The number of benzene rings is 2. The topological polar surface area (TPSA) is 88.2 Å². The molecule has 1 aliphatic heterocycles. The molecule has 2 aromatic heterocycles. The van der Waals surface area contributed by atoms with Crippen molar-refractivity contribution in [3.8, 4) is 0 Å². The number of rotatable bonds is 6. The maximum Gasteiger partial charge on any atom is 0.251 e. The number of anilines is 2. The van der Waals surface area contributed by atoms with Gasteiger partial charge in [-0.2, -0.15) is 0 Å². The summed E-state index contributed by atoms with van der Waals surface area (Å²) in [5.74, 6) is 1.15. The Bertz CT molecular complexity index is 1390. The molecule has 176 valence electrons. The van der Waals surface area contributed by atoms with Crippen molar-refractivity contribution < 1.29 is 4.79 Å². The largest absolute Gasteiger partial charge is 0.383 e. The standard InChI is InChI=1S/C27H32N6O/c1-4-32-11-10-24-22(16-32)21-13-19(8-9-23(21)33(24)5-2)27(34)30-15-17-6-7-18-14-25(29-3)31-26(28)20(18)12-17/h6-9,12-14H,4-5,10-11,15-16H2,1-3H3,(H,30,34)(H3,28,29,31). The molecular weight excluding hydrogens is 424 g/mol. The molecular formula is C27H32N6O. The number of aromatic nitrogens is 2. The second-order valence-corrected chi connectivity index (χ2v) is 8.90. The van der Waals surface area contributed by atoms with E-state index < -0.39 is 0 Å². The van der Waals surface area contributed by atoms with E-state index in [1.165, 1.54) is 22.2 Å².